The van der Waals surface area contributed by atoms with E-state index < -0.39 is 0 Å². The van der Waals surface area contributed by atoms with Gasteiger partial charge in [-0.15, -0.1) is 0 Å². The zero-order chi connectivity index (χ0) is 11.0. The highest BCUT2D eigenvalue weighted by Crippen LogP contribution is 2.26. The Balaban J connectivity index is 2.01. The largest absolute Gasteiger partial charge is 0.323 e. The van der Waals surface area contributed by atoms with Crippen molar-refractivity contribution in [3.63, 3.8) is 0 Å². The van der Waals surface area contributed by atoms with Crippen LogP contribution in [0.25, 0.3) is 5.70 Å². The van der Waals surface area contributed by atoms with E-state index in [1.807, 2.05) is 18.2 Å². The number of benzene rings is 1. The van der Waals surface area contributed by atoms with Crippen LogP contribution in [0.1, 0.15) is 18.5 Å². The second kappa shape index (κ2) is 3.44. The van der Waals surface area contributed by atoms with Crippen LogP contribution in [0.3, 0.4) is 0 Å². The normalized spacial score (nSPS) is 18.6. The molecule has 1 aromatic heterocycles. The van der Waals surface area contributed by atoms with E-state index in [2.05, 4.69) is 46.0 Å². The van der Waals surface area contributed by atoms with E-state index in [4.69, 9.17) is 0 Å². The number of allylic oxidation sites excluding steroid dienone is 1. The summed E-state index contributed by atoms with van der Waals surface area (Å²) in [6, 6.07) is 10.3. The maximum Gasteiger partial charge on any atom is 0.247 e. The van der Waals surface area contributed by atoms with Gasteiger partial charge in [-0.25, -0.2) is 4.68 Å². The number of hydrogen-bond donors (Lipinski definition) is 1. The third-order valence-electron chi connectivity index (χ3n) is 2.62. The van der Waals surface area contributed by atoms with Crippen LogP contribution >= 0.6 is 0 Å². The number of aromatic nitrogens is 4. The van der Waals surface area contributed by atoms with E-state index in [0.717, 1.165) is 11.3 Å². The molecule has 0 bridgehead atoms. The summed E-state index contributed by atoms with van der Waals surface area (Å²) in [6.07, 6.45) is 2.11. The monoisotopic (exact) mass is 213 g/mol. The molecule has 0 saturated heterocycles. The smallest absolute Gasteiger partial charge is 0.247 e. The number of tetrazole rings is 1. The minimum atomic E-state index is 0.168. The molecule has 0 fully saturated rings. The Labute approximate surface area is 92.8 Å². The lowest BCUT2D eigenvalue weighted by Crippen LogP contribution is -2.17. The molecule has 5 nitrogen and oxygen atoms in total. The van der Waals surface area contributed by atoms with E-state index in [0.29, 0.717) is 5.95 Å². The maximum absolute atomic E-state index is 3.93. The second-order valence-electron chi connectivity index (χ2n) is 3.76. The van der Waals surface area contributed by atoms with Gasteiger partial charge in [0.1, 0.15) is 0 Å². The predicted molar refractivity (Wildman–Crippen MR) is 60.6 cm³/mol. The number of nitrogens with zero attached hydrogens (tertiary/aromatic N) is 4. The maximum atomic E-state index is 3.93. The highest BCUT2D eigenvalue weighted by Gasteiger charge is 2.18. The molecule has 2 heterocycles. The van der Waals surface area contributed by atoms with Crippen LogP contribution in [-0.2, 0) is 0 Å². The first-order valence-corrected chi connectivity index (χ1v) is 5.17. The van der Waals surface area contributed by atoms with E-state index in [1.54, 1.807) is 4.68 Å². The van der Waals surface area contributed by atoms with Gasteiger partial charge < -0.3 is 5.32 Å². The molecule has 5 heteroatoms. The summed E-state index contributed by atoms with van der Waals surface area (Å²) in [5.74, 6) is 0.689. The Morgan fingerprint density at radius 2 is 2.06 bits per heavy atom. The molecule has 80 valence electrons. The molecule has 0 spiro atoms. The lowest BCUT2D eigenvalue weighted by atomic mass is 10.1. The van der Waals surface area contributed by atoms with Crippen molar-refractivity contribution in [3.8, 4) is 0 Å². The SMILES string of the molecule is CC1C=C(c2ccccc2)Nc2nnnn21. The van der Waals surface area contributed by atoms with Crippen molar-refractivity contribution in [2.45, 2.75) is 13.0 Å². The molecule has 1 aliphatic rings. The summed E-state index contributed by atoms with van der Waals surface area (Å²) in [7, 11) is 0. The van der Waals surface area contributed by atoms with Crippen LogP contribution < -0.4 is 5.32 Å². The lowest BCUT2D eigenvalue weighted by Gasteiger charge is -2.20. The highest BCUT2D eigenvalue weighted by atomic mass is 15.6. The van der Waals surface area contributed by atoms with Crippen molar-refractivity contribution < 1.29 is 0 Å². The van der Waals surface area contributed by atoms with Gasteiger partial charge in [-0.1, -0.05) is 35.4 Å². The Morgan fingerprint density at radius 3 is 2.88 bits per heavy atom. The van der Waals surface area contributed by atoms with E-state index in [9.17, 15) is 0 Å². The Morgan fingerprint density at radius 1 is 1.25 bits per heavy atom. The van der Waals surface area contributed by atoms with Crippen LogP contribution in [-0.4, -0.2) is 20.2 Å². The van der Waals surface area contributed by atoms with Crippen LogP contribution in [0, 0.1) is 0 Å². The van der Waals surface area contributed by atoms with Crippen molar-refractivity contribution in [1.29, 1.82) is 0 Å². The van der Waals surface area contributed by atoms with Crippen LogP contribution in [0.4, 0.5) is 5.95 Å². The van der Waals surface area contributed by atoms with Crippen LogP contribution in [0.5, 0.6) is 0 Å². The molecule has 1 aromatic carbocycles. The van der Waals surface area contributed by atoms with E-state index in [1.165, 1.54) is 0 Å². The van der Waals surface area contributed by atoms with Gasteiger partial charge in [-0.05, 0) is 29.0 Å². The summed E-state index contributed by atoms with van der Waals surface area (Å²) in [5, 5.41) is 14.7. The number of nitrogens with one attached hydrogen (secondary N) is 1. The van der Waals surface area contributed by atoms with E-state index >= 15 is 0 Å². The molecular weight excluding hydrogens is 202 g/mol. The topological polar surface area (TPSA) is 55.6 Å². The molecule has 0 saturated carbocycles. The molecule has 0 radical (unpaired) electrons. The minimum Gasteiger partial charge on any atom is -0.323 e. The number of rotatable bonds is 1. The molecule has 3 rings (SSSR count). The molecule has 16 heavy (non-hydrogen) atoms. The van der Waals surface area contributed by atoms with Gasteiger partial charge >= 0.3 is 0 Å². The molecule has 0 aliphatic carbocycles. The third kappa shape index (κ3) is 1.37. The first-order chi connectivity index (χ1) is 7.84. The van der Waals surface area contributed by atoms with Crippen molar-refractivity contribution >= 4 is 11.6 Å². The van der Waals surface area contributed by atoms with Gasteiger partial charge in [0.15, 0.2) is 0 Å². The van der Waals surface area contributed by atoms with Crippen LogP contribution in [0.15, 0.2) is 36.4 Å². The predicted octanol–water partition coefficient (Wildman–Crippen LogP) is 1.70. The van der Waals surface area contributed by atoms with Crippen molar-refractivity contribution in [3.05, 3.63) is 42.0 Å². The first-order valence-electron chi connectivity index (χ1n) is 5.17. The van der Waals surface area contributed by atoms with Crippen molar-refractivity contribution in [2.75, 3.05) is 5.32 Å². The van der Waals surface area contributed by atoms with Gasteiger partial charge in [0.25, 0.3) is 0 Å². The number of fused-ring (bicyclic) bond motifs is 1. The molecule has 2 aromatic rings. The second-order valence-corrected chi connectivity index (χ2v) is 3.76. The summed E-state index contributed by atoms with van der Waals surface area (Å²) < 4.78 is 1.76. The quantitative estimate of drug-likeness (QED) is 0.783. The van der Waals surface area contributed by atoms with Gasteiger partial charge in [0.2, 0.25) is 5.95 Å². The minimum absolute atomic E-state index is 0.168. The van der Waals surface area contributed by atoms with E-state index in [-0.39, 0.29) is 6.04 Å². The van der Waals surface area contributed by atoms with Gasteiger partial charge in [-0.2, -0.15) is 0 Å². The van der Waals surface area contributed by atoms with Gasteiger partial charge in [0, 0.05) is 5.70 Å². The first kappa shape index (κ1) is 9.08. The average molecular weight is 213 g/mol. The Hall–Kier alpha value is -2.17. The van der Waals surface area contributed by atoms with Gasteiger partial charge in [-0.3, -0.25) is 0 Å². The number of hydrogen-bond acceptors (Lipinski definition) is 4. The van der Waals surface area contributed by atoms with Crippen molar-refractivity contribution in [1.82, 2.24) is 20.2 Å². The molecular formula is C11H11N5. The Kier molecular flexibility index (Phi) is 1.96. The zero-order valence-corrected chi connectivity index (χ0v) is 8.83. The zero-order valence-electron chi connectivity index (χ0n) is 8.83. The summed E-state index contributed by atoms with van der Waals surface area (Å²) >= 11 is 0. The third-order valence-corrected chi connectivity index (χ3v) is 2.62. The highest BCUT2D eigenvalue weighted by molar-refractivity contribution is 5.76. The molecule has 1 aliphatic heterocycles. The summed E-state index contributed by atoms with van der Waals surface area (Å²) in [5.41, 5.74) is 2.19. The van der Waals surface area contributed by atoms with Crippen LogP contribution in [0.2, 0.25) is 0 Å². The fraction of sp³-hybridized carbons (Fsp3) is 0.182. The fourth-order valence-corrected chi connectivity index (χ4v) is 1.81. The fourth-order valence-electron chi connectivity index (χ4n) is 1.81. The average Bonchev–Trinajstić information content (AvgIpc) is 2.79. The number of anilines is 1. The van der Waals surface area contributed by atoms with Crippen molar-refractivity contribution in [2.24, 2.45) is 0 Å². The lowest BCUT2D eigenvalue weighted by molar-refractivity contribution is 0.559. The Bertz CT molecular complexity index is 528. The molecule has 1 unspecified atom stereocenters. The molecule has 1 atom stereocenters. The summed E-state index contributed by atoms with van der Waals surface area (Å²) in [6.45, 7) is 2.06. The molecule has 1 N–H and O–H groups in total. The molecule has 0 amide bonds. The standard InChI is InChI=1S/C11H11N5/c1-8-7-10(9-5-3-2-4-6-9)12-11-13-14-15-16(8)11/h2-8H,1H3,(H,12,13,15). The van der Waals surface area contributed by atoms with Gasteiger partial charge in [0.05, 0.1) is 6.04 Å². The summed E-state index contributed by atoms with van der Waals surface area (Å²) in [4.78, 5) is 0.